The highest BCUT2D eigenvalue weighted by Crippen LogP contribution is 2.12. The molecule has 18 heavy (non-hydrogen) atoms. The molecule has 0 aromatic heterocycles. The summed E-state index contributed by atoms with van der Waals surface area (Å²) in [4.78, 5) is 0. The second-order valence-corrected chi connectivity index (χ2v) is 4.74. The van der Waals surface area contributed by atoms with E-state index in [2.05, 4.69) is 12.1 Å². The molecule has 0 aliphatic rings. The van der Waals surface area contributed by atoms with Gasteiger partial charge in [-0.25, -0.2) is 4.39 Å². The second-order valence-electron chi connectivity index (χ2n) is 4.74. The molecule has 0 fully saturated rings. The number of hydrogen-bond donors (Lipinski definition) is 1. The lowest BCUT2D eigenvalue weighted by molar-refractivity contribution is 0.610. The van der Waals surface area contributed by atoms with Crippen LogP contribution in [0.25, 0.3) is 0 Å². The summed E-state index contributed by atoms with van der Waals surface area (Å²) < 4.78 is 13.4. The average molecular weight is 243 g/mol. The molecule has 0 aliphatic heterocycles. The van der Waals surface area contributed by atoms with E-state index < -0.39 is 0 Å². The highest BCUT2D eigenvalue weighted by Gasteiger charge is 2.07. The quantitative estimate of drug-likeness (QED) is 0.876. The molecule has 0 aliphatic carbocycles. The van der Waals surface area contributed by atoms with Gasteiger partial charge in [-0.1, -0.05) is 42.5 Å². The minimum Gasteiger partial charge on any atom is -0.327 e. The summed E-state index contributed by atoms with van der Waals surface area (Å²) in [5.41, 5.74) is 8.96. The van der Waals surface area contributed by atoms with E-state index in [1.165, 1.54) is 5.56 Å². The standard InChI is InChI=1S/C16H18FN/c1-12-7-8-14(11-16(12)17)10-15(18)9-13-5-3-2-4-6-13/h2-8,11,15H,9-10,18H2,1H3. The van der Waals surface area contributed by atoms with Crippen molar-refractivity contribution in [2.24, 2.45) is 5.73 Å². The monoisotopic (exact) mass is 243 g/mol. The van der Waals surface area contributed by atoms with E-state index in [1.807, 2.05) is 24.3 Å². The summed E-state index contributed by atoms with van der Waals surface area (Å²) in [6, 6.07) is 15.5. The first-order chi connectivity index (χ1) is 8.65. The van der Waals surface area contributed by atoms with Crippen LogP contribution < -0.4 is 5.73 Å². The summed E-state index contributed by atoms with van der Waals surface area (Å²) in [5, 5.41) is 0. The van der Waals surface area contributed by atoms with Gasteiger partial charge in [0.2, 0.25) is 0 Å². The average Bonchev–Trinajstić information content (AvgIpc) is 2.35. The van der Waals surface area contributed by atoms with Gasteiger partial charge in [-0.2, -0.15) is 0 Å². The fraction of sp³-hybridized carbons (Fsp3) is 0.250. The van der Waals surface area contributed by atoms with Crippen LogP contribution in [-0.4, -0.2) is 6.04 Å². The van der Waals surface area contributed by atoms with E-state index in [0.717, 1.165) is 12.0 Å². The minimum atomic E-state index is -0.153. The van der Waals surface area contributed by atoms with Crippen molar-refractivity contribution in [1.82, 2.24) is 0 Å². The maximum Gasteiger partial charge on any atom is 0.126 e. The van der Waals surface area contributed by atoms with Gasteiger partial charge < -0.3 is 5.73 Å². The molecule has 0 amide bonds. The van der Waals surface area contributed by atoms with Crippen molar-refractivity contribution in [1.29, 1.82) is 0 Å². The molecule has 0 bridgehead atoms. The van der Waals surface area contributed by atoms with Crippen molar-refractivity contribution in [2.45, 2.75) is 25.8 Å². The van der Waals surface area contributed by atoms with Crippen molar-refractivity contribution >= 4 is 0 Å². The van der Waals surface area contributed by atoms with Crippen molar-refractivity contribution in [3.05, 3.63) is 71.0 Å². The molecule has 0 heterocycles. The molecular weight excluding hydrogens is 225 g/mol. The van der Waals surface area contributed by atoms with Crippen molar-refractivity contribution in [2.75, 3.05) is 0 Å². The zero-order valence-electron chi connectivity index (χ0n) is 10.6. The third kappa shape index (κ3) is 3.41. The lowest BCUT2D eigenvalue weighted by atomic mass is 9.99. The van der Waals surface area contributed by atoms with Crippen LogP contribution in [-0.2, 0) is 12.8 Å². The third-order valence-corrected chi connectivity index (χ3v) is 3.07. The number of hydrogen-bond acceptors (Lipinski definition) is 1. The summed E-state index contributed by atoms with van der Waals surface area (Å²) in [7, 11) is 0. The first-order valence-corrected chi connectivity index (χ1v) is 6.19. The Morgan fingerprint density at radius 1 is 1.00 bits per heavy atom. The fourth-order valence-corrected chi connectivity index (χ4v) is 2.06. The predicted molar refractivity (Wildman–Crippen MR) is 73.0 cm³/mol. The van der Waals surface area contributed by atoms with Gasteiger partial charge in [0.1, 0.15) is 5.82 Å². The number of benzene rings is 2. The van der Waals surface area contributed by atoms with Crippen LogP contribution in [0.2, 0.25) is 0 Å². The molecule has 94 valence electrons. The van der Waals surface area contributed by atoms with Gasteiger partial charge in [-0.3, -0.25) is 0 Å². The molecule has 0 saturated heterocycles. The van der Waals surface area contributed by atoms with Crippen molar-refractivity contribution in [3.8, 4) is 0 Å². The van der Waals surface area contributed by atoms with Gasteiger partial charge in [-0.05, 0) is 42.5 Å². The molecular formula is C16H18FN. The number of aryl methyl sites for hydroxylation is 1. The number of rotatable bonds is 4. The second kappa shape index (κ2) is 5.78. The molecule has 0 radical (unpaired) electrons. The third-order valence-electron chi connectivity index (χ3n) is 3.07. The largest absolute Gasteiger partial charge is 0.327 e. The molecule has 0 spiro atoms. The Hall–Kier alpha value is -1.67. The van der Waals surface area contributed by atoms with Crippen molar-refractivity contribution < 1.29 is 4.39 Å². The van der Waals surface area contributed by atoms with Crippen LogP contribution in [0.3, 0.4) is 0 Å². The molecule has 2 aromatic rings. The summed E-state index contributed by atoms with van der Waals surface area (Å²) >= 11 is 0. The van der Waals surface area contributed by atoms with E-state index in [9.17, 15) is 4.39 Å². The normalized spacial score (nSPS) is 12.4. The first-order valence-electron chi connectivity index (χ1n) is 6.19. The fourth-order valence-electron chi connectivity index (χ4n) is 2.06. The minimum absolute atomic E-state index is 0.0227. The topological polar surface area (TPSA) is 26.0 Å². The SMILES string of the molecule is Cc1ccc(CC(N)Cc2ccccc2)cc1F. The smallest absolute Gasteiger partial charge is 0.126 e. The summed E-state index contributed by atoms with van der Waals surface area (Å²) in [5.74, 6) is -0.153. The van der Waals surface area contributed by atoms with Gasteiger partial charge in [0, 0.05) is 6.04 Å². The maximum atomic E-state index is 13.4. The molecule has 2 N–H and O–H groups in total. The van der Waals surface area contributed by atoms with Crippen LogP contribution in [0, 0.1) is 12.7 Å². The van der Waals surface area contributed by atoms with Crippen molar-refractivity contribution in [3.63, 3.8) is 0 Å². The highest BCUT2D eigenvalue weighted by molar-refractivity contribution is 5.24. The molecule has 0 saturated carbocycles. The number of nitrogens with two attached hydrogens (primary N) is 1. The van der Waals surface area contributed by atoms with Gasteiger partial charge in [0.05, 0.1) is 0 Å². The van der Waals surface area contributed by atoms with Crippen LogP contribution in [0.5, 0.6) is 0 Å². The van der Waals surface area contributed by atoms with E-state index >= 15 is 0 Å². The van der Waals surface area contributed by atoms with Crippen LogP contribution in [0.15, 0.2) is 48.5 Å². The zero-order valence-corrected chi connectivity index (χ0v) is 10.6. The lowest BCUT2D eigenvalue weighted by Crippen LogP contribution is -2.25. The molecule has 2 rings (SSSR count). The van der Waals surface area contributed by atoms with E-state index in [1.54, 1.807) is 19.1 Å². The van der Waals surface area contributed by atoms with Gasteiger partial charge >= 0.3 is 0 Å². The van der Waals surface area contributed by atoms with Crippen LogP contribution in [0.4, 0.5) is 4.39 Å². The Morgan fingerprint density at radius 2 is 1.67 bits per heavy atom. The first kappa shape index (κ1) is 12.8. The molecule has 2 aromatic carbocycles. The van der Waals surface area contributed by atoms with Crippen LogP contribution >= 0.6 is 0 Å². The number of halogens is 1. The Bertz CT molecular complexity index is 508. The van der Waals surface area contributed by atoms with Gasteiger partial charge in [0.15, 0.2) is 0 Å². The van der Waals surface area contributed by atoms with Gasteiger partial charge in [0.25, 0.3) is 0 Å². The van der Waals surface area contributed by atoms with E-state index in [0.29, 0.717) is 12.0 Å². The van der Waals surface area contributed by atoms with E-state index in [4.69, 9.17) is 5.73 Å². The Labute approximate surface area is 107 Å². The molecule has 1 unspecified atom stereocenters. The van der Waals surface area contributed by atoms with Crippen LogP contribution in [0.1, 0.15) is 16.7 Å². The van der Waals surface area contributed by atoms with E-state index in [-0.39, 0.29) is 11.9 Å². The molecule has 2 heteroatoms. The Kier molecular flexibility index (Phi) is 4.11. The maximum absolute atomic E-state index is 13.4. The summed E-state index contributed by atoms with van der Waals surface area (Å²) in [6.07, 6.45) is 1.52. The Morgan fingerprint density at radius 3 is 2.33 bits per heavy atom. The molecule has 1 atom stereocenters. The Balaban J connectivity index is 1.99. The lowest BCUT2D eigenvalue weighted by Gasteiger charge is -2.12. The zero-order chi connectivity index (χ0) is 13.0. The highest BCUT2D eigenvalue weighted by atomic mass is 19.1. The van der Waals surface area contributed by atoms with Gasteiger partial charge in [-0.15, -0.1) is 0 Å². The summed E-state index contributed by atoms with van der Waals surface area (Å²) in [6.45, 7) is 1.77. The molecule has 1 nitrogen and oxygen atoms in total. The predicted octanol–water partition coefficient (Wildman–Crippen LogP) is 3.25.